The summed E-state index contributed by atoms with van der Waals surface area (Å²) in [7, 11) is 0. The molecule has 0 bridgehead atoms. The Bertz CT molecular complexity index is 1400. The minimum atomic E-state index is 0.00629. The van der Waals surface area contributed by atoms with E-state index in [0.717, 1.165) is 66.7 Å². The van der Waals surface area contributed by atoms with Gasteiger partial charge in [-0.2, -0.15) is 0 Å². The Balaban J connectivity index is 1.21. The van der Waals surface area contributed by atoms with Gasteiger partial charge in [0.25, 0.3) is 0 Å². The summed E-state index contributed by atoms with van der Waals surface area (Å²) in [5, 5.41) is 4.35. The number of amides is 2. The number of urea groups is 1. The molecule has 2 aromatic carbocycles. The molecule has 6 nitrogen and oxygen atoms in total. The monoisotopic (exact) mass is 525 g/mol. The maximum absolute atomic E-state index is 12.9. The summed E-state index contributed by atoms with van der Waals surface area (Å²) < 4.78 is 0. The van der Waals surface area contributed by atoms with E-state index in [1.54, 1.807) is 0 Å². The zero-order chi connectivity index (χ0) is 25.9. The first kappa shape index (κ1) is 24.9. The van der Waals surface area contributed by atoms with Gasteiger partial charge in [0.15, 0.2) is 0 Å². The summed E-state index contributed by atoms with van der Waals surface area (Å²) in [6.07, 6.45) is 5.24. The molecule has 2 aromatic heterocycles. The number of anilines is 1. The van der Waals surface area contributed by atoms with Crippen molar-refractivity contribution >= 4 is 33.4 Å². The van der Waals surface area contributed by atoms with E-state index in [-0.39, 0.29) is 6.03 Å². The maximum Gasteiger partial charge on any atom is 0.317 e. The van der Waals surface area contributed by atoms with E-state index < -0.39 is 0 Å². The average molecular weight is 526 g/mol. The molecule has 1 aliphatic heterocycles. The molecule has 0 saturated carbocycles. The second kappa shape index (κ2) is 11.1. The van der Waals surface area contributed by atoms with E-state index in [1.807, 2.05) is 46.6 Å². The lowest BCUT2D eigenvalue weighted by molar-refractivity contribution is 0.194. The highest BCUT2D eigenvalue weighted by Gasteiger charge is 2.28. The largest absolute Gasteiger partial charge is 0.352 e. The minimum absolute atomic E-state index is 0.00629. The van der Waals surface area contributed by atoms with Gasteiger partial charge in [-0.05, 0) is 48.3 Å². The Morgan fingerprint density at radius 1 is 0.947 bits per heavy atom. The smallest absolute Gasteiger partial charge is 0.317 e. The van der Waals surface area contributed by atoms with Crippen LogP contribution in [0, 0.1) is 5.92 Å². The number of fused-ring (bicyclic) bond motifs is 3. The van der Waals surface area contributed by atoms with Gasteiger partial charge in [-0.25, -0.2) is 14.8 Å². The Kier molecular flexibility index (Phi) is 7.27. The zero-order valence-corrected chi connectivity index (χ0v) is 22.8. The third kappa shape index (κ3) is 5.39. The van der Waals surface area contributed by atoms with Crippen molar-refractivity contribution in [3.63, 3.8) is 0 Å². The number of benzene rings is 2. The van der Waals surface area contributed by atoms with Gasteiger partial charge in [-0.1, -0.05) is 67.6 Å². The summed E-state index contributed by atoms with van der Waals surface area (Å²) in [6, 6.07) is 20.7. The number of nitrogens with one attached hydrogen (secondary N) is 1. The maximum atomic E-state index is 12.9. The summed E-state index contributed by atoms with van der Waals surface area (Å²) in [5.74, 6) is 2.72. The van der Waals surface area contributed by atoms with E-state index in [0.29, 0.717) is 19.6 Å². The van der Waals surface area contributed by atoms with Crippen LogP contribution in [-0.4, -0.2) is 47.1 Å². The van der Waals surface area contributed by atoms with Gasteiger partial charge in [-0.3, -0.25) is 0 Å². The first-order valence-electron chi connectivity index (χ1n) is 13.8. The molecule has 1 atom stereocenters. The number of aryl methyl sites for hydroxylation is 3. The lowest BCUT2D eigenvalue weighted by atomic mass is 9.89. The van der Waals surface area contributed by atoms with Crippen molar-refractivity contribution < 1.29 is 4.79 Å². The van der Waals surface area contributed by atoms with Crippen molar-refractivity contribution in [1.82, 2.24) is 20.2 Å². The zero-order valence-electron chi connectivity index (χ0n) is 22.0. The fourth-order valence-corrected chi connectivity index (χ4v) is 7.01. The third-order valence-electron chi connectivity index (χ3n) is 7.82. The number of rotatable bonds is 6. The Labute approximate surface area is 228 Å². The second-order valence-corrected chi connectivity index (χ2v) is 11.7. The molecule has 0 radical (unpaired) electrons. The minimum Gasteiger partial charge on any atom is -0.352 e. The van der Waals surface area contributed by atoms with Crippen molar-refractivity contribution in [2.75, 3.05) is 31.1 Å². The van der Waals surface area contributed by atoms with Crippen LogP contribution in [0.25, 0.3) is 10.2 Å². The fraction of sp³-hybridized carbons (Fsp3) is 0.387. The lowest BCUT2D eigenvalue weighted by Gasteiger charge is -2.36. The van der Waals surface area contributed by atoms with Gasteiger partial charge in [0, 0.05) is 44.0 Å². The molecule has 2 amide bonds. The van der Waals surface area contributed by atoms with Crippen molar-refractivity contribution in [3.05, 3.63) is 88.1 Å². The summed E-state index contributed by atoms with van der Waals surface area (Å²) >= 11 is 1.88. The lowest BCUT2D eigenvalue weighted by Crippen LogP contribution is -2.52. The van der Waals surface area contributed by atoms with E-state index in [9.17, 15) is 4.79 Å². The Morgan fingerprint density at radius 3 is 2.39 bits per heavy atom. The number of carbonyl (C=O) groups excluding carboxylic acids is 1. The van der Waals surface area contributed by atoms with Crippen molar-refractivity contribution in [2.24, 2.45) is 5.92 Å². The van der Waals surface area contributed by atoms with Gasteiger partial charge in [0.1, 0.15) is 16.5 Å². The van der Waals surface area contributed by atoms with Crippen LogP contribution in [0.1, 0.15) is 40.7 Å². The van der Waals surface area contributed by atoms with Crippen molar-refractivity contribution in [1.29, 1.82) is 0 Å². The van der Waals surface area contributed by atoms with Gasteiger partial charge < -0.3 is 15.1 Å². The Morgan fingerprint density at radius 2 is 1.66 bits per heavy atom. The standard InChI is InChI=1S/C31H35N5OS/c1-22-12-14-25-26(20-22)38-30-28(25)29(33-27(34-30)15-13-23-8-4-2-5-9-23)35-16-18-36(19-17-35)31(37)32-21-24-10-6-3-7-11-24/h2-11,22H,12-21H2,1H3,(H,32,37)/t22-/m0/s1. The number of piperazine rings is 1. The van der Waals surface area contributed by atoms with Gasteiger partial charge >= 0.3 is 6.03 Å². The summed E-state index contributed by atoms with van der Waals surface area (Å²) in [6.45, 7) is 5.85. The first-order chi connectivity index (χ1) is 18.6. The normalized spacial score (nSPS) is 17.4. The number of thiophene rings is 1. The molecule has 196 valence electrons. The van der Waals surface area contributed by atoms with Crippen LogP contribution < -0.4 is 10.2 Å². The first-order valence-corrected chi connectivity index (χ1v) is 14.6. The average Bonchev–Trinajstić information content (AvgIpc) is 3.33. The van der Waals surface area contributed by atoms with Crippen LogP contribution in [0.5, 0.6) is 0 Å². The number of carbonyl (C=O) groups is 1. The highest BCUT2D eigenvalue weighted by Crippen LogP contribution is 2.41. The highest BCUT2D eigenvalue weighted by atomic mass is 32.1. The molecule has 0 spiro atoms. The molecule has 6 rings (SSSR count). The molecule has 2 aliphatic rings. The molecule has 0 unspecified atom stereocenters. The number of hydrogen-bond acceptors (Lipinski definition) is 5. The van der Waals surface area contributed by atoms with Gasteiger partial charge in [-0.15, -0.1) is 11.3 Å². The molecule has 1 N–H and O–H groups in total. The Hall–Kier alpha value is -3.45. The van der Waals surface area contributed by atoms with Crippen LogP contribution in [-0.2, 0) is 32.2 Å². The van der Waals surface area contributed by atoms with Gasteiger partial charge in [0.2, 0.25) is 0 Å². The third-order valence-corrected chi connectivity index (χ3v) is 8.96. The van der Waals surface area contributed by atoms with Crippen LogP contribution in [0.2, 0.25) is 0 Å². The van der Waals surface area contributed by atoms with Crippen molar-refractivity contribution in [3.8, 4) is 0 Å². The van der Waals surface area contributed by atoms with Gasteiger partial charge in [0.05, 0.1) is 5.39 Å². The molecular formula is C31H35N5OS. The SMILES string of the molecule is C[C@H]1CCc2c(sc3nc(CCc4ccccc4)nc(N4CCN(C(=O)NCc5ccccc5)CC4)c23)C1. The van der Waals surface area contributed by atoms with Crippen molar-refractivity contribution in [2.45, 2.75) is 45.6 Å². The molecule has 1 saturated heterocycles. The van der Waals surface area contributed by atoms with E-state index in [2.05, 4.69) is 47.5 Å². The molecular weight excluding hydrogens is 490 g/mol. The second-order valence-electron chi connectivity index (χ2n) is 10.6. The molecule has 3 heterocycles. The molecule has 4 aromatic rings. The number of nitrogens with zero attached hydrogens (tertiary/aromatic N) is 4. The predicted octanol–water partition coefficient (Wildman–Crippen LogP) is 5.63. The highest BCUT2D eigenvalue weighted by molar-refractivity contribution is 7.19. The molecule has 38 heavy (non-hydrogen) atoms. The van der Waals surface area contributed by atoms with E-state index in [4.69, 9.17) is 9.97 Å². The quantitative estimate of drug-likeness (QED) is 0.354. The molecule has 7 heteroatoms. The van der Waals surface area contributed by atoms with Crippen LogP contribution >= 0.6 is 11.3 Å². The molecule has 1 aliphatic carbocycles. The summed E-state index contributed by atoms with van der Waals surface area (Å²) in [5.41, 5.74) is 3.89. The summed E-state index contributed by atoms with van der Waals surface area (Å²) in [4.78, 5) is 30.1. The van der Waals surface area contributed by atoms with E-state index in [1.165, 1.54) is 27.8 Å². The topological polar surface area (TPSA) is 61.4 Å². The predicted molar refractivity (Wildman–Crippen MR) is 155 cm³/mol. The van der Waals surface area contributed by atoms with E-state index >= 15 is 0 Å². The van der Waals surface area contributed by atoms with Crippen LogP contribution in [0.15, 0.2) is 60.7 Å². The van der Waals surface area contributed by atoms with Crippen LogP contribution in [0.4, 0.5) is 10.6 Å². The molecule has 1 fully saturated rings. The number of hydrogen-bond donors (Lipinski definition) is 1. The number of aromatic nitrogens is 2. The fourth-order valence-electron chi connectivity index (χ4n) is 5.61. The van der Waals surface area contributed by atoms with Crippen LogP contribution in [0.3, 0.4) is 0 Å².